The molecule has 0 radical (unpaired) electrons. The van der Waals surface area contributed by atoms with Crippen molar-refractivity contribution < 1.29 is 4.74 Å². The third-order valence-electron chi connectivity index (χ3n) is 6.56. The fourth-order valence-electron chi connectivity index (χ4n) is 4.73. The number of hydrazone groups is 1. The first-order valence-corrected chi connectivity index (χ1v) is 12.0. The molecule has 3 aromatic rings. The van der Waals surface area contributed by atoms with Crippen molar-refractivity contribution in [3.63, 3.8) is 0 Å². The Morgan fingerprint density at radius 3 is 2.03 bits per heavy atom. The zero-order valence-electron chi connectivity index (χ0n) is 20.2. The van der Waals surface area contributed by atoms with Crippen LogP contribution in [0.1, 0.15) is 42.6 Å². The van der Waals surface area contributed by atoms with Crippen molar-refractivity contribution in [2.45, 2.75) is 39.5 Å². The van der Waals surface area contributed by atoms with Crippen LogP contribution in [0.25, 0.3) is 5.69 Å². The summed E-state index contributed by atoms with van der Waals surface area (Å²) in [5, 5.41) is 4.49. The Kier molecular flexibility index (Phi) is 6.33. The van der Waals surface area contributed by atoms with Crippen LogP contribution in [-0.4, -0.2) is 59.0 Å². The summed E-state index contributed by atoms with van der Waals surface area (Å²) in [5.41, 5.74) is 7.43. The summed E-state index contributed by atoms with van der Waals surface area (Å²) in [5.74, 6) is 2.81. The molecule has 0 aliphatic carbocycles. The van der Waals surface area contributed by atoms with E-state index in [9.17, 15) is 0 Å². The van der Waals surface area contributed by atoms with E-state index in [1.165, 1.54) is 25.7 Å². The van der Waals surface area contributed by atoms with Crippen LogP contribution in [0.5, 0.6) is 5.75 Å². The molecule has 9 nitrogen and oxygen atoms in total. The number of benzene rings is 1. The Morgan fingerprint density at radius 2 is 1.47 bits per heavy atom. The lowest BCUT2D eigenvalue weighted by Crippen LogP contribution is -2.25. The maximum absolute atomic E-state index is 5.29. The van der Waals surface area contributed by atoms with Crippen LogP contribution >= 0.6 is 0 Å². The molecule has 4 heterocycles. The smallest absolute Gasteiger partial charge is 0.250 e. The minimum absolute atomic E-state index is 0.485. The minimum Gasteiger partial charge on any atom is -0.497 e. The monoisotopic (exact) mass is 460 g/mol. The first kappa shape index (κ1) is 22.2. The number of ether oxygens (including phenoxy) is 1. The van der Waals surface area contributed by atoms with Crippen LogP contribution in [-0.2, 0) is 0 Å². The second-order valence-electron chi connectivity index (χ2n) is 8.88. The SMILES string of the molecule is COc1ccc(-n2c(C)cc(/C=N\Nc3nc(N4CCCC4)nc(N4CCCC4)n3)c2C)cc1. The van der Waals surface area contributed by atoms with Gasteiger partial charge in [-0.2, -0.15) is 20.1 Å². The van der Waals surface area contributed by atoms with Crippen molar-refractivity contribution in [1.29, 1.82) is 0 Å². The molecule has 178 valence electrons. The Balaban J connectivity index is 1.37. The molecule has 2 saturated heterocycles. The second-order valence-corrected chi connectivity index (χ2v) is 8.88. The van der Waals surface area contributed by atoms with Gasteiger partial charge in [0.2, 0.25) is 17.8 Å². The van der Waals surface area contributed by atoms with Crippen LogP contribution in [0.15, 0.2) is 35.4 Å². The number of aryl methyl sites for hydroxylation is 1. The van der Waals surface area contributed by atoms with Crippen molar-refractivity contribution >= 4 is 24.1 Å². The van der Waals surface area contributed by atoms with Crippen LogP contribution in [0, 0.1) is 13.8 Å². The number of hydrogen-bond donors (Lipinski definition) is 1. The molecule has 0 amide bonds. The van der Waals surface area contributed by atoms with Crippen molar-refractivity contribution in [2.24, 2.45) is 5.10 Å². The van der Waals surface area contributed by atoms with E-state index in [2.05, 4.69) is 66.9 Å². The van der Waals surface area contributed by atoms with Gasteiger partial charge in [0.15, 0.2) is 0 Å². The third-order valence-corrected chi connectivity index (χ3v) is 6.56. The molecule has 0 atom stereocenters. The number of hydrogen-bond acceptors (Lipinski definition) is 8. The van der Waals surface area contributed by atoms with Gasteiger partial charge in [0, 0.05) is 48.8 Å². The number of anilines is 3. The molecule has 2 aromatic heterocycles. The Labute approximate surface area is 200 Å². The number of nitrogens with one attached hydrogen (secondary N) is 1. The van der Waals surface area contributed by atoms with E-state index in [1.54, 1.807) is 7.11 Å². The zero-order chi connectivity index (χ0) is 23.5. The Morgan fingerprint density at radius 1 is 0.882 bits per heavy atom. The van der Waals surface area contributed by atoms with E-state index in [-0.39, 0.29) is 0 Å². The lowest BCUT2D eigenvalue weighted by molar-refractivity contribution is 0.414. The van der Waals surface area contributed by atoms with Crippen molar-refractivity contribution in [2.75, 3.05) is 48.5 Å². The van der Waals surface area contributed by atoms with E-state index in [0.717, 1.165) is 66.5 Å². The predicted octanol–water partition coefficient (Wildman–Crippen LogP) is 3.93. The molecular formula is C25H32N8O. The summed E-state index contributed by atoms with van der Waals surface area (Å²) in [6, 6.07) is 10.2. The van der Waals surface area contributed by atoms with E-state index in [0.29, 0.717) is 5.95 Å². The van der Waals surface area contributed by atoms with Gasteiger partial charge in [-0.15, -0.1) is 0 Å². The van der Waals surface area contributed by atoms with Gasteiger partial charge in [-0.25, -0.2) is 5.43 Å². The Bertz CT molecular complexity index is 1120. The molecule has 2 fully saturated rings. The first-order valence-electron chi connectivity index (χ1n) is 12.0. The molecule has 2 aliphatic rings. The highest BCUT2D eigenvalue weighted by atomic mass is 16.5. The van der Waals surface area contributed by atoms with E-state index in [4.69, 9.17) is 9.72 Å². The van der Waals surface area contributed by atoms with Gasteiger partial charge < -0.3 is 19.1 Å². The fourth-order valence-corrected chi connectivity index (χ4v) is 4.73. The number of rotatable bonds is 7. The maximum atomic E-state index is 5.29. The molecule has 1 N–H and O–H groups in total. The highest BCUT2D eigenvalue weighted by Gasteiger charge is 2.21. The maximum Gasteiger partial charge on any atom is 0.250 e. The zero-order valence-corrected chi connectivity index (χ0v) is 20.2. The summed E-state index contributed by atoms with van der Waals surface area (Å²) >= 11 is 0. The molecule has 0 spiro atoms. The van der Waals surface area contributed by atoms with Crippen molar-refractivity contribution in [3.05, 3.63) is 47.3 Å². The van der Waals surface area contributed by atoms with Crippen molar-refractivity contribution in [1.82, 2.24) is 19.5 Å². The van der Waals surface area contributed by atoms with E-state index >= 15 is 0 Å². The van der Waals surface area contributed by atoms with Crippen LogP contribution in [0.4, 0.5) is 17.8 Å². The first-order chi connectivity index (χ1) is 16.6. The average Bonchev–Trinajstić information content (AvgIpc) is 3.62. The predicted molar refractivity (Wildman–Crippen MR) is 136 cm³/mol. The molecule has 0 saturated carbocycles. The van der Waals surface area contributed by atoms with E-state index < -0.39 is 0 Å². The quantitative estimate of drug-likeness (QED) is 0.422. The number of nitrogens with zero attached hydrogens (tertiary/aromatic N) is 7. The van der Waals surface area contributed by atoms with Gasteiger partial charge in [-0.3, -0.25) is 0 Å². The number of methoxy groups -OCH3 is 1. The second kappa shape index (κ2) is 9.70. The molecule has 2 aliphatic heterocycles. The lowest BCUT2D eigenvalue weighted by Gasteiger charge is -2.20. The standard InChI is InChI=1S/C25H32N8O/c1-18-16-20(19(2)33(18)21-8-10-22(34-3)11-9-21)17-26-30-23-27-24(31-12-4-5-13-31)29-25(28-23)32-14-6-7-15-32/h8-11,16-17H,4-7,12-15H2,1-3H3,(H,27,28,29,30)/b26-17-. The molecule has 34 heavy (non-hydrogen) atoms. The van der Waals surface area contributed by atoms with E-state index in [1.807, 2.05) is 18.3 Å². The Hall–Kier alpha value is -3.62. The molecular weight excluding hydrogens is 428 g/mol. The van der Waals surface area contributed by atoms with Gasteiger partial charge in [-0.1, -0.05) is 0 Å². The molecule has 5 rings (SSSR count). The summed E-state index contributed by atoms with van der Waals surface area (Å²) in [7, 11) is 1.68. The van der Waals surface area contributed by atoms with Gasteiger partial charge in [-0.05, 0) is 69.9 Å². The summed E-state index contributed by atoms with van der Waals surface area (Å²) in [4.78, 5) is 18.6. The summed E-state index contributed by atoms with van der Waals surface area (Å²) in [6.45, 7) is 8.15. The third kappa shape index (κ3) is 4.55. The normalized spacial score (nSPS) is 16.1. The molecule has 0 unspecified atom stereocenters. The van der Waals surface area contributed by atoms with Crippen molar-refractivity contribution in [3.8, 4) is 11.4 Å². The largest absolute Gasteiger partial charge is 0.497 e. The summed E-state index contributed by atoms with van der Waals surface area (Å²) in [6.07, 6.45) is 6.53. The van der Waals surface area contributed by atoms with Gasteiger partial charge in [0.1, 0.15) is 5.75 Å². The number of aromatic nitrogens is 4. The van der Waals surface area contributed by atoms with Crippen LogP contribution in [0.3, 0.4) is 0 Å². The van der Waals surface area contributed by atoms with Gasteiger partial charge in [0.25, 0.3) is 0 Å². The highest BCUT2D eigenvalue weighted by molar-refractivity contribution is 5.82. The molecule has 1 aromatic carbocycles. The van der Waals surface area contributed by atoms with Crippen LogP contribution < -0.4 is 20.0 Å². The van der Waals surface area contributed by atoms with Gasteiger partial charge >= 0.3 is 0 Å². The molecule has 9 heteroatoms. The summed E-state index contributed by atoms with van der Waals surface area (Å²) < 4.78 is 7.50. The average molecular weight is 461 g/mol. The van der Waals surface area contributed by atoms with Gasteiger partial charge in [0.05, 0.1) is 13.3 Å². The minimum atomic E-state index is 0.485. The topological polar surface area (TPSA) is 83.7 Å². The lowest BCUT2D eigenvalue weighted by atomic mass is 10.2. The molecule has 0 bridgehead atoms. The highest BCUT2D eigenvalue weighted by Crippen LogP contribution is 2.24. The fraction of sp³-hybridized carbons (Fsp3) is 0.440. The van der Waals surface area contributed by atoms with Crippen LogP contribution in [0.2, 0.25) is 0 Å².